The third-order valence-electron chi connectivity index (χ3n) is 2.07. The molecule has 0 amide bonds. The van der Waals surface area contributed by atoms with E-state index in [2.05, 4.69) is 20.7 Å². The molecular weight excluding hydrogens is 334 g/mol. The van der Waals surface area contributed by atoms with Gasteiger partial charge in [-0.2, -0.15) is 0 Å². The second kappa shape index (κ2) is 5.82. The van der Waals surface area contributed by atoms with Crippen molar-refractivity contribution in [2.24, 2.45) is 0 Å². The average Bonchev–Trinajstić information content (AvgIpc) is 2.55. The van der Waals surface area contributed by atoms with Crippen molar-refractivity contribution in [1.29, 1.82) is 0 Å². The minimum absolute atomic E-state index is 0.169. The van der Waals surface area contributed by atoms with Crippen LogP contribution in [0.2, 0.25) is 0 Å². The molecule has 0 radical (unpaired) electrons. The topological polar surface area (TPSA) is 46.2 Å². The van der Waals surface area contributed by atoms with Crippen LogP contribution in [0.25, 0.3) is 0 Å². The number of rotatable bonds is 5. The Bertz CT molecular complexity index is 458. The van der Waals surface area contributed by atoms with Crippen molar-refractivity contribution in [3.05, 3.63) is 14.7 Å². The Morgan fingerprint density at radius 3 is 2.69 bits per heavy atom. The standard InChI is InChI=1S/C9H13BrClNO2S2/c1-3-7(11)5-12-16(13,14)8-4-9(10)15-6(8)2/h4,7,12H,3,5H2,1-2H3. The van der Waals surface area contributed by atoms with Gasteiger partial charge in [-0.1, -0.05) is 6.92 Å². The van der Waals surface area contributed by atoms with Crippen molar-refractivity contribution in [2.45, 2.75) is 30.5 Å². The van der Waals surface area contributed by atoms with Crippen LogP contribution in [-0.2, 0) is 10.0 Å². The Morgan fingerprint density at radius 2 is 2.25 bits per heavy atom. The monoisotopic (exact) mass is 345 g/mol. The maximum absolute atomic E-state index is 11.9. The third kappa shape index (κ3) is 3.70. The molecule has 1 rings (SSSR count). The quantitative estimate of drug-likeness (QED) is 0.833. The molecule has 0 aliphatic carbocycles. The highest BCUT2D eigenvalue weighted by Crippen LogP contribution is 2.29. The Labute approximate surface area is 113 Å². The van der Waals surface area contributed by atoms with E-state index in [1.54, 1.807) is 13.0 Å². The largest absolute Gasteiger partial charge is 0.241 e. The lowest BCUT2D eigenvalue weighted by Gasteiger charge is -2.08. The first kappa shape index (κ1) is 14.4. The van der Waals surface area contributed by atoms with E-state index >= 15 is 0 Å². The van der Waals surface area contributed by atoms with E-state index in [9.17, 15) is 8.42 Å². The number of hydrogen-bond acceptors (Lipinski definition) is 3. The summed E-state index contributed by atoms with van der Waals surface area (Å²) in [5.41, 5.74) is 0. The highest BCUT2D eigenvalue weighted by molar-refractivity contribution is 9.11. The van der Waals surface area contributed by atoms with Gasteiger partial charge in [-0.05, 0) is 35.3 Å². The molecule has 1 aromatic rings. The van der Waals surface area contributed by atoms with Crippen LogP contribution in [0.15, 0.2) is 14.7 Å². The summed E-state index contributed by atoms with van der Waals surface area (Å²) < 4.78 is 27.1. The summed E-state index contributed by atoms with van der Waals surface area (Å²) in [6.07, 6.45) is 0.733. The molecule has 1 heterocycles. The van der Waals surface area contributed by atoms with E-state index < -0.39 is 10.0 Å². The van der Waals surface area contributed by atoms with Crippen LogP contribution in [0.1, 0.15) is 18.2 Å². The molecule has 1 N–H and O–H groups in total. The fourth-order valence-electron chi connectivity index (χ4n) is 1.12. The van der Waals surface area contributed by atoms with Crippen molar-refractivity contribution in [3.8, 4) is 0 Å². The zero-order chi connectivity index (χ0) is 12.3. The van der Waals surface area contributed by atoms with Gasteiger partial charge in [0.15, 0.2) is 0 Å². The van der Waals surface area contributed by atoms with E-state index in [0.29, 0.717) is 4.90 Å². The average molecular weight is 347 g/mol. The smallest absolute Gasteiger partial charge is 0.210 e. The first-order valence-electron chi connectivity index (χ1n) is 4.76. The highest BCUT2D eigenvalue weighted by Gasteiger charge is 2.19. The molecule has 0 fully saturated rings. The molecule has 0 aromatic carbocycles. The molecule has 0 spiro atoms. The van der Waals surface area contributed by atoms with Crippen molar-refractivity contribution >= 4 is 48.9 Å². The minimum Gasteiger partial charge on any atom is -0.210 e. The molecule has 0 aliphatic rings. The first-order chi connectivity index (χ1) is 7.36. The van der Waals surface area contributed by atoms with E-state index in [1.165, 1.54) is 11.3 Å². The second-order valence-corrected chi connectivity index (χ2v) is 8.32. The lowest BCUT2D eigenvalue weighted by molar-refractivity contribution is 0.579. The Balaban J connectivity index is 2.82. The van der Waals surface area contributed by atoms with E-state index in [4.69, 9.17) is 11.6 Å². The first-order valence-corrected chi connectivity index (χ1v) is 8.29. The van der Waals surface area contributed by atoms with Gasteiger partial charge in [-0.3, -0.25) is 0 Å². The van der Waals surface area contributed by atoms with Crippen molar-refractivity contribution < 1.29 is 8.42 Å². The predicted octanol–water partition coefficient (Wildman–Crippen LogP) is 3.11. The second-order valence-electron chi connectivity index (χ2n) is 3.33. The van der Waals surface area contributed by atoms with Crippen molar-refractivity contribution in [1.82, 2.24) is 4.72 Å². The molecule has 1 atom stereocenters. The number of sulfonamides is 1. The summed E-state index contributed by atoms with van der Waals surface area (Å²) in [5.74, 6) is 0. The van der Waals surface area contributed by atoms with E-state index in [-0.39, 0.29) is 11.9 Å². The van der Waals surface area contributed by atoms with Crippen LogP contribution in [0, 0.1) is 6.92 Å². The number of halogens is 2. The van der Waals surface area contributed by atoms with E-state index in [1.807, 2.05) is 6.92 Å². The van der Waals surface area contributed by atoms with Gasteiger partial charge in [0.05, 0.1) is 8.68 Å². The molecule has 0 saturated carbocycles. The molecule has 0 saturated heterocycles. The predicted molar refractivity (Wildman–Crippen MR) is 71.9 cm³/mol. The molecule has 3 nitrogen and oxygen atoms in total. The van der Waals surface area contributed by atoms with Crippen LogP contribution in [-0.4, -0.2) is 20.3 Å². The molecular formula is C9H13BrClNO2S2. The number of aryl methyl sites for hydroxylation is 1. The maximum Gasteiger partial charge on any atom is 0.241 e. The number of thiophene rings is 1. The summed E-state index contributed by atoms with van der Waals surface area (Å²) in [5, 5.41) is -0.169. The number of nitrogens with one attached hydrogen (secondary N) is 1. The van der Waals surface area contributed by atoms with Crippen LogP contribution in [0.3, 0.4) is 0 Å². The van der Waals surface area contributed by atoms with Crippen molar-refractivity contribution in [2.75, 3.05) is 6.54 Å². The molecule has 1 aromatic heterocycles. The van der Waals surface area contributed by atoms with Crippen LogP contribution in [0.5, 0.6) is 0 Å². The third-order valence-corrected chi connectivity index (χ3v) is 5.76. The lowest BCUT2D eigenvalue weighted by Crippen LogP contribution is -2.29. The van der Waals surface area contributed by atoms with Gasteiger partial charge >= 0.3 is 0 Å². The van der Waals surface area contributed by atoms with E-state index in [0.717, 1.165) is 15.1 Å². The summed E-state index contributed by atoms with van der Waals surface area (Å²) in [4.78, 5) is 1.09. The van der Waals surface area contributed by atoms with Gasteiger partial charge in [0.25, 0.3) is 0 Å². The SMILES string of the molecule is CCC(Cl)CNS(=O)(=O)c1cc(Br)sc1C. The van der Waals surface area contributed by atoms with Crippen LogP contribution in [0.4, 0.5) is 0 Å². The highest BCUT2D eigenvalue weighted by atomic mass is 79.9. The lowest BCUT2D eigenvalue weighted by atomic mass is 10.3. The van der Waals surface area contributed by atoms with Crippen LogP contribution >= 0.6 is 38.9 Å². The fraction of sp³-hybridized carbons (Fsp3) is 0.556. The van der Waals surface area contributed by atoms with Gasteiger partial charge in [0.1, 0.15) is 0 Å². The molecule has 0 aliphatic heterocycles. The zero-order valence-electron chi connectivity index (χ0n) is 8.96. The van der Waals surface area contributed by atoms with Crippen molar-refractivity contribution in [3.63, 3.8) is 0 Å². The molecule has 92 valence electrons. The zero-order valence-corrected chi connectivity index (χ0v) is 12.9. The normalized spacial score (nSPS) is 14.0. The molecule has 1 unspecified atom stereocenters. The Hall–Kier alpha value is 0.380. The minimum atomic E-state index is -3.43. The Morgan fingerprint density at radius 1 is 1.62 bits per heavy atom. The summed E-state index contributed by atoms with van der Waals surface area (Å²) in [6.45, 7) is 3.95. The molecule has 0 bridgehead atoms. The maximum atomic E-state index is 11.9. The van der Waals surface area contributed by atoms with Gasteiger partial charge < -0.3 is 0 Å². The molecule has 7 heteroatoms. The molecule has 16 heavy (non-hydrogen) atoms. The van der Waals surface area contributed by atoms with Gasteiger partial charge in [-0.25, -0.2) is 13.1 Å². The van der Waals surface area contributed by atoms with Gasteiger partial charge in [0, 0.05) is 16.8 Å². The summed E-state index contributed by atoms with van der Waals surface area (Å²) in [6, 6.07) is 1.61. The van der Waals surface area contributed by atoms with Gasteiger partial charge in [-0.15, -0.1) is 22.9 Å². The number of hydrogen-bond donors (Lipinski definition) is 1. The fourth-order valence-corrected chi connectivity index (χ4v) is 4.78. The Kier molecular flexibility index (Phi) is 5.25. The summed E-state index contributed by atoms with van der Waals surface area (Å²) >= 11 is 10.5. The summed E-state index contributed by atoms with van der Waals surface area (Å²) in [7, 11) is -3.43. The number of alkyl halides is 1. The van der Waals surface area contributed by atoms with Gasteiger partial charge in [0.2, 0.25) is 10.0 Å². The van der Waals surface area contributed by atoms with Crippen LogP contribution < -0.4 is 4.72 Å².